The maximum absolute atomic E-state index is 12.5. The first-order valence-electron chi connectivity index (χ1n) is 6.17. The molecule has 1 aliphatic rings. The second-order valence-electron chi connectivity index (χ2n) is 4.64. The molecule has 3 rings (SSSR count). The highest BCUT2D eigenvalue weighted by atomic mass is 16.1. The number of Topliss-reactive ketones (excluding diaryl/α,β-unsaturated/α-hetero) is 1. The third kappa shape index (κ3) is 1.68. The van der Waals surface area contributed by atoms with E-state index in [2.05, 4.69) is 12.1 Å². The molecule has 0 heterocycles. The quantitative estimate of drug-likeness (QED) is 0.669. The van der Waals surface area contributed by atoms with E-state index >= 15 is 0 Å². The summed E-state index contributed by atoms with van der Waals surface area (Å²) in [4.78, 5) is 12.5. The van der Waals surface area contributed by atoms with Crippen molar-refractivity contribution in [2.45, 2.75) is 12.8 Å². The molecule has 1 nitrogen and oxygen atoms in total. The van der Waals surface area contributed by atoms with Crippen LogP contribution in [-0.2, 0) is 0 Å². The average Bonchev–Trinajstić information content (AvgIpc) is 2.43. The van der Waals surface area contributed by atoms with E-state index in [0.29, 0.717) is 0 Å². The van der Waals surface area contributed by atoms with Crippen LogP contribution in [-0.4, -0.2) is 5.78 Å². The fourth-order valence-corrected chi connectivity index (χ4v) is 2.48. The molecule has 18 heavy (non-hydrogen) atoms. The minimum Gasteiger partial charge on any atom is -0.293 e. The Morgan fingerprint density at radius 1 is 0.833 bits per heavy atom. The number of carbonyl (C=O) groups is 1. The molecule has 0 saturated heterocycles. The van der Waals surface area contributed by atoms with Crippen LogP contribution in [0.4, 0.5) is 0 Å². The molecule has 1 unspecified atom stereocenters. The highest BCUT2D eigenvalue weighted by Gasteiger charge is 2.22. The van der Waals surface area contributed by atoms with Gasteiger partial charge in [-0.25, -0.2) is 0 Å². The van der Waals surface area contributed by atoms with Crippen molar-refractivity contribution in [3.8, 4) is 0 Å². The number of benzene rings is 2. The summed E-state index contributed by atoms with van der Waals surface area (Å²) < 4.78 is 0. The van der Waals surface area contributed by atoms with Crippen molar-refractivity contribution in [1.29, 1.82) is 0 Å². The van der Waals surface area contributed by atoms with E-state index in [9.17, 15) is 4.79 Å². The van der Waals surface area contributed by atoms with Gasteiger partial charge in [-0.3, -0.25) is 4.79 Å². The van der Waals surface area contributed by atoms with Gasteiger partial charge in [0, 0.05) is 11.5 Å². The van der Waals surface area contributed by atoms with Crippen LogP contribution in [0.1, 0.15) is 39.9 Å². The zero-order chi connectivity index (χ0) is 12.5. The Hall–Kier alpha value is -2.15. The largest absolute Gasteiger partial charge is 0.293 e. The summed E-state index contributed by atoms with van der Waals surface area (Å²) in [5, 5.41) is 0. The summed E-state index contributed by atoms with van der Waals surface area (Å²) in [5.41, 5.74) is 4.06. The van der Waals surface area contributed by atoms with Gasteiger partial charge in [0.15, 0.2) is 5.78 Å². The molecular weight excluding hydrogens is 220 g/mol. The van der Waals surface area contributed by atoms with Crippen molar-refractivity contribution in [3.63, 3.8) is 0 Å². The van der Waals surface area contributed by atoms with Crippen molar-refractivity contribution in [2.75, 3.05) is 0 Å². The van der Waals surface area contributed by atoms with Crippen LogP contribution < -0.4 is 0 Å². The number of rotatable bonds is 0. The molecule has 0 radical (unpaired) electrons. The van der Waals surface area contributed by atoms with Gasteiger partial charge in [0.1, 0.15) is 0 Å². The first kappa shape index (κ1) is 11.0. The van der Waals surface area contributed by atoms with Crippen LogP contribution in [0.5, 0.6) is 0 Å². The van der Waals surface area contributed by atoms with Gasteiger partial charge >= 0.3 is 0 Å². The molecule has 0 aliphatic heterocycles. The SMILES string of the molecule is CC1C(=O)c2ccccc2C=Cc2ccccc21. The van der Waals surface area contributed by atoms with Gasteiger partial charge in [-0.1, -0.05) is 67.6 Å². The number of carbonyl (C=O) groups excluding carboxylic acids is 1. The minimum absolute atomic E-state index is 0.0905. The van der Waals surface area contributed by atoms with Crippen molar-refractivity contribution < 1.29 is 4.79 Å². The standard InChI is InChI=1S/C17H14O/c1-12-15-8-4-2-6-13(15)10-11-14-7-3-5-9-16(14)17(12)18/h2-12H,1H3. The van der Waals surface area contributed by atoms with Gasteiger partial charge < -0.3 is 0 Å². The molecule has 2 aromatic carbocycles. The predicted molar refractivity (Wildman–Crippen MR) is 74.6 cm³/mol. The average molecular weight is 234 g/mol. The first-order chi connectivity index (χ1) is 8.77. The maximum Gasteiger partial charge on any atom is 0.170 e. The highest BCUT2D eigenvalue weighted by Crippen LogP contribution is 2.29. The second kappa shape index (κ2) is 4.26. The van der Waals surface area contributed by atoms with E-state index in [1.54, 1.807) is 0 Å². The predicted octanol–water partition coefficient (Wildman–Crippen LogP) is 4.16. The maximum atomic E-state index is 12.5. The lowest BCUT2D eigenvalue weighted by atomic mass is 9.85. The van der Waals surface area contributed by atoms with E-state index in [0.717, 1.165) is 22.3 Å². The van der Waals surface area contributed by atoms with Gasteiger partial charge in [-0.2, -0.15) is 0 Å². The molecule has 0 aromatic heterocycles. The summed E-state index contributed by atoms with van der Waals surface area (Å²) in [6.45, 7) is 1.98. The third-order valence-corrected chi connectivity index (χ3v) is 3.52. The summed E-state index contributed by atoms with van der Waals surface area (Å²) in [6, 6.07) is 15.9. The van der Waals surface area contributed by atoms with Crippen LogP contribution in [0.25, 0.3) is 12.2 Å². The Kier molecular flexibility index (Phi) is 2.60. The molecule has 0 fully saturated rings. The summed E-state index contributed by atoms with van der Waals surface area (Å²) in [7, 11) is 0. The van der Waals surface area contributed by atoms with Crippen LogP contribution in [0, 0.1) is 0 Å². The monoisotopic (exact) mass is 234 g/mol. The Labute approximate surface area is 107 Å². The minimum atomic E-state index is -0.0905. The van der Waals surface area contributed by atoms with E-state index in [1.807, 2.05) is 55.5 Å². The molecule has 0 N–H and O–H groups in total. The fourth-order valence-electron chi connectivity index (χ4n) is 2.48. The van der Waals surface area contributed by atoms with Crippen molar-refractivity contribution in [1.82, 2.24) is 0 Å². The molecule has 0 bridgehead atoms. The fraction of sp³-hybridized carbons (Fsp3) is 0.118. The van der Waals surface area contributed by atoms with Crippen LogP contribution >= 0.6 is 0 Å². The second-order valence-corrected chi connectivity index (χ2v) is 4.64. The Morgan fingerprint density at radius 2 is 1.44 bits per heavy atom. The van der Waals surface area contributed by atoms with Crippen LogP contribution in [0.2, 0.25) is 0 Å². The molecule has 88 valence electrons. The lowest BCUT2D eigenvalue weighted by molar-refractivity contribution is 0.0965. The summed E-state index contributed by atoms with van der Waals surface area (Å²) in [5.74, 6) is 0.106. The normalized spacial score (nSPS) is 17.6. The van der Waals surface area contributed by atoms with Gasteiger partial charge in [-0.15, -0.1) is 0 Å². The van der Waals surface area contributed by atoms with E-state index in [1.165, 1.54) is 0 Å². The van der Waals surface area contributed by atoms with Crippen LogP contribution in [0.15, 0.2) is 48.5 Å². The smallest absolute Gasteiger partial charge is 0.170 e. The molecular formula is C17H14O. The van der Waals surface area contributed by atoms with Gasteiger partial charge in [0.2, 0.25) is 0 Å². The topological polar surface area (TPSA) is 17.1 Å². The molecule has 1 atom stereocenters. The number of ketones is 1. The van der Waals surface area contributed by atoms with Crippen LogP contribution in [0.3, 0.4) is 0 Å². The lowest BCUT2D eigenvalue weighted by Gasteiger charge is -2.17. The van der Waals surface area contributed by atoms with Gasteiger partial charge in [-0.05, 0) is 16.7 Å². The molecule has 1 heteroatoms. The molecule has 0 spiro atoms. The number of fused-ring (bicyclic) bond motifs is 2. The molecule has 0 amide bonds. The molecule has 1 aliphatic carbocycles. The lowest BCUT2D eigenvalue weighted by Crippen LogP contribution is -2.13. The van der Waals surface area contributed by atoms with Crippen molar-refractivity contribution in [3.05, 3.63) is 70.8 Å². The number of hydrogen-bond acceptors (Lipinski definition) is 1. The van der Waals surface area contributed by atoms with E-state index in [-0.39, 0.29) is 11.7 Å². The van der Waals surface area contributed by atoms with Gasteiger partial charge in [0.05, 0.1) is 0 Å². The molecule has 0 saturated carbocycles. The van der Waals surface area contributed by atoms with E-state index < -0.39 is 0 Å². The zero-order valence-electron chi connectivity index (χ0n) is 10.3. The first-order valence-corrected chi connectivity index (χ1v) is 6.17. The zero-order valence-corrected chi connectivity index (χ0v) is 10.3. The molecule has 2 aromatic rings. The van der Waals surface area contributed by atoms with Gasteiger partial charge in [0.25, 0.3) is 0 Å². The van der Waals surface area contributed by atoms with E-state index in [4.69, 9.17) is 0 Å². The summed E-state index contributed by atoms with van der Waals surface area (Å²) >= 11 is 0. The summed E-state index contributed by atoms with van der Waals surface area (Å²) in [6.07, 6.45) is 4.12. The highest BCUT2D eigenvalue weighted by molar-refractivity contribution is 6.05. The van der Waals surface area contributed by atoms with Crippen molar-refractivity contribution in [2.24, 2.45) is 0 Å². The Morgan fingerprint density at radius 3 is 2.28 bits per heavy atom. The number of hydrogen-bond donors (Lipinski definition) is 0. The van der Waals surface area contributed by atoms with Crippen molar-refractivity contribution >= 4 is 17.9 Å². The third-order valence-electron chi connectivity index (χ3n) is 3.52. The Bertz CT molecular complexity index is 638. The Balaban J connectivity index is 2.25.